The van der Waals surface area contributed by atoms with Crippen LogP contribution in [-0.4, -0.2) is 62.0 Å². The molecule has 2 heterocycles. The van der Waals surface area contributed by atoms with Crippen LogP contribution in [0.3, 0.4) is 0 Å². The number of piperidine rings is 1. The van der Waals surface area contributed by atoms with Crippen LogP contribution in [0.5, 0.6) is 0 Å². The van der Waals surface area contributed by atoms with Crippen molar-refractivity contribution in [2.45, 2.75) is 26.2 Å². The van der Waals surface area contributed by atoms with E-state index < -0.39 is 0 Å². The lowest BCUT2D eigenvalue weighted by Crippen LogP contribution is -2.43. The van der Waals surface area contributed by atoms with Gasteiger partial charge in [0.2, 0.25) is 11.8 Å². The molecule has 1 aromatic carbocycles. The lowest BCUT2D eigenvalue weighted by molar-refractivity contribution is -0.126. The number of benzene rings is 1. The summed E-state index contributed by atoms with van der Waals surface area (Å²) in [7, 11) is 0. The summed E-state index contributed by atoms with van der Waals surface area (Å²) in [6.07, 6.45) is 2.33. The van der Waals surface area contributed by atoms with Crippen molar-refractivity contribution in [3.63, 3.8) is 0 Å². The second-order valence-electron chi connectivity index (χ2n) is 7.95. The highest BCUT2D eigenvalue weighted by Crippen LogP contribution is 2.19. The molecule has 3 amide bonds. The third-order valence-corrected chi connectivity index (χ3v) is 6.33. The zero-order valence-electron chi connectivity index (χ0n) is 19.0. The zero-order chi connectivity index (χ0) is 23.5. The summed E-state index contributed by atoms with van der Waals surface area (Å²) in [5.41, 5.74) is 1.35. The van der Waals surface area contributed by atoms with E-state index >= 15 is 0 Å². The molecular formula is C24H32N4O4S. The van der Waals surface area contributed by atoms with Crippen LogP contribution in [0, 0.1) is 5.92 Å². The molecule has 9 heteroatoms. The highest BCUT2D eigenvalue weighted by atomic mass is 32.1. The Morgan fingerprint density at radius 2 is 1.76 bits per heavy atom. The lowest BCUT2D eigenvalue weighted by Gasteiger charge is -2.30. The van der Waals surface area contributed by atoms with Crippen molar-refractivity contribution < 1.29 is 19.1 Å². The summed E-state index contributed by atoms with van der Waals surface area (Å²) >= 11 is 1.39. The molecule has 1 saturated heterocycles. The molecule has 1 aliphatic rings. The molecule has 0 spiro atoms. The van der Waals surface area contributed by atoms with Gasteiger partial charge < -0.3 is 20.7 Å². The number of nitrogens with zero attached hydrogens (tertiary/aromatic N) is 1. The third-order valence-electron chi connectivity index (χ3n) is 5.47. The quantitative estimate of drug-likeness (QED) is 0.436. The van der Waals surface area contributed by atoms with Gasteiger partial charge in [0.15, 0.2) is 0 Å². The van der Waals surface area contributed by atoms with Crippen molar-refractivity contribution in [2.24, 2.45) is 5.92 Å². The summed E-state index contributed by atoms with van der Waals surface area (Å²) in [5.74, 6) is -0.135. The van der Waals surface area contributed by atoms with Gasteiger partial charge in [0.05, 0.1) is 11.4 Å². The number of likely N-dealkylation sites (tertiary alicyclic amines) is 1. The van der Waals surface area contributed by atoms with Crippen molar-refractivity contribution in [1.29, 1.82) is 0 Å². The van der Waals surface area contributed by atoms with Crippen LogP contribution in [0.15, 0.2) is 41.8 Å². The number of hydrogen-bond acceptors (Lipinski definition) is 6. The van der Waals surface area contributed by atoms with E-state index in [1.54, 1.807) is 30.3 Å². The minimum atomic E-state index is -0.149. The van der Waals surface area contributed by atoms with Gasteiger partial charge in [-0.15, -0.1) is 11.3 Å². The Balaban J connectivity index is 1.35. The van der Waals surface area contributed by atoms with E-state index in [1.807, 2.05) is 18.4 Å². The minimum Gasteiger partial charge on any atom is -0.382 e. The van der Waals surface area contributed by atoms with Gasteiger partial charge in [0.1, 0.15) is 0 Å². The van der Waals surface area contributed by atoms with Crippen LogP contribution in [0.25, 0.3) is 0 Å². The number of amides is 3. The van der Waals surface area contributed by atoms with Gasteiger partial charge in [-0.1, -0.05) is 6.07 Å². The number of carbonyl (C=O) groups excluding carboxylic acids is 3. The van der Waals surface area contributed by atoms with Gasteiger partial charge in [-0.3, -0.25) is 19.3 Å². The monoisotopic (exact) mass is 472 g/mol. The SMILES string of the molecule is CCOCCCNC(=O)C1CCN(CC(=O)Nc2ccc(NC(=O)c3cccs3)cc2)CC1. The van der Waals surface area contributed by atoms with E-state index in [1.165, 1.54) is 11.3 Å². The molecule has 1 fully saturated rings. The van der Waals surface area contributed by atoms with Crippen LogP contribution < -0.4 is 16.0 Å². The number of rotatable bonds is 11. The van der Waals surface area contributed by atoms with Crippen molar-refractivity contribution >= 4 is 40.4 Å². The van der Waals surface area contributed by atoms with E-state index in [2.05, 4.69) is 20.9 Å². The molecular weight excluding hydrogens is 440 g/mol. The first-order valence-electron chi connectivity index (χ1n) is 11.4. The predicted octanol–water partition coefficient (Wildman–Crippen LogP) is 3.19. The maximum absolute atomic E-state index is 12.4. The Kier molecular flexibility index (Phi) is 9.86. The largest absolute Gasteiger partial charge is 0.382 e. The smallest absolute Gasteiger partial charge is 0.265 e. The van der Waals surface area contributed by atoms with Crippen molar-refractivity contribution in [1.82, 2.24) is 10.2 Å². The fourth-order valence-electron chi connectivity index (χ4n) is 3.67. The Bertz CT molecular complexity index is 894. The fourth-order valence-corrected chi connectivity index (χ4v) is 4.29. The number of thiophene rings is 1. The van der Waals surface area contributed by atoms with Gasteiger partial charge in [-0.2, -0.15) is 0 Å². The number of nitrogens with one attached hydrogen (secondary N) is 3. The molecule has 33 heavy (non-hydrogen) atoms. The number of anilines is 2. The van der Waals surface area contributed by atoms with Gasteiger partial charge in [-0.05, 0) is 75.0 Å². The van der Waals surface area contributed by atoms with E-state index in [9.17, 15) is 14.4 Å². The second-order valence-corrected chi connectivity index (χ2v) is 8.90. The molecule has 3 N–H and O–H groups in total. The first-order valence-corrected chi connectivity index (χ1v) is 12.3. The Morgan fingerprint density at radius 1 is 1.06 bits per heavy atom. The lowest BCUT2D eigenvalue weighted by atomic mass is 9.96. The van der Waals surface area contributed by atoms with Gasteiger partial charge in [0.25, 0.3) is 5.91 Å². The van der Waals surface area contributed by atoms with E-state index in [0.717, 1.165) is 32.4 Å². The molecule has 2 aromatic rings. The molecule has 1 aliphatic heterocycles. The van der Waals surface area contributed by atoms with Crippen molar-refractivity contribution in [3.8, 4) is 0 Å². The highest BCUT2D eigenvalue weighted by molar-refractivity contribution is 7.12. The van der Waals surface area contributed by atoms with Crippen molar-refractivity contribution in [3.05, 3.63) is 46.7 Å². The summed E-state index contributed by atoms with van der Waals surface area (Å²) in [6.45, 7) is 5.68. The predicted molar refractivity (Wildman–Crippen MR) is 131 cm³/mol. The van der Waals surface area contributed by atoms with Gasteiger partial charge in [-0.25, -0.2) is 0 Å². The van der Waals surface area contributed by atoms with Crippen molar-refractivity contribution in [2.75, 3.05) is 50.0 Å². The van der Waals surface area contributed by atoms with Crippen LogP contribution in [0.4, 0.5) is 11.4 Å². The summed E-state index contributed by atoms with van der Waals surface area (Å²) in [4.78, 5) is 39.5. The Labute approximate surface area is 198 Å². The molecule has 0 bridgehead atoms. The molecule has 3 rings (SSSR count). The molecule has 0 atom stereocenters. The maximum atomic E-state index is 12.4. The summed E-state index contributed by atoms with van der Waals surface area (Å²) < 4.78 is 5.28. The molecule has 0 unspecified atom stereocenters. The summed E-state index contributed by atoms with van der Waals surface area (Å²) in [5, 5.41) is 10.6. The van der Waals surface area contributed by atoms with E-state index in [4.69, 9.17) is 4.74 Å². The number of carbonyl (C=O) groups is 3. The first-order chi connectivity index (χ1) is 16.0. The van der Waals surface area contributed by atoms with Gasteiger partial charge in [0, 0.05) is 37.1 Å². The molecule has 0 aliphatic carbocycles. The first kappa shape index (κ1) is 24.9. The zero-order valence-corrected chi connectivity index (χ0v) is 19.8. The van der Waals surface area contributed by atoms with Crippen LogP contribution >= 0.6 is 11.3 Å². The third kappa shape index (κ3) is 8.27. The number of hydrogen-bond donors (Lipinski definition) is 3. The topological polar surface area (TPSA) is 99.8 Å². The maximum Gasteiger partial charge on any atom is 0.265 e. The minimum absolute atomic E-state index is 0.00772. The second kappa shape index (κ2) is 13.1. The Hall–Kier alpha value is -2.75. The van der Waals surface area contributed by atoms with Crippen LogP contribution in [0.1, 0.15) is 35.9 Å². The molecule has 0 saturated carbocycles. The normalized spacial score (nSPS) is 14.6. The van der Waals surface area contributed by atoms with Gasteiger partial charge >= 0.3 is 0 Å². The fraction of sp³-hybridized carbons (Fsp3) is 0.458. The average Bonchev–Trinajstić information content (AvgIpc) is 3.36. The summed E-state index contributed by atoms with van der Waals surface area (Å²) in [6, 6.07) is 10.7. The van der Waals surface area contributed by atoms with E-state index in [-0.39, 0.29) is 23.6 Å². The number of ether oxygens (including phenoxy) is 1. The molecule has 178 valence electrons. The molecule has 8 nitrogen and oxygen atoms in total. The molecule has 1 aromatic heterocycles. The van der Waals surface area contributed by atoms with E-state index in [0.29, 0.717) is 42.6 Å². The van der Waals surface area contributed by atoms with Crippen LogP contribution in [0.2, 0.25) is 0 Å². The molecule has 0 radical (unpaired) electrons. The average molecular weight is 473 g/mol. The highest BCUT2D eigenvalue weighted by Gasteiger charge is 2.25. The standard InChI is InChI=1S/C24H32N4O4S/c1-2-32-15-4-12-25-23(30)18-10-13-28(14-11-18)17-22(29)26-19-6-8-20(9-7-19)27-24(31)21-5-3-16-33-21/h3,5-9,16,18H,2,4,10-15,17H2,1H3,(H,25,30)(H,26,29)(H,27,31). The Morgan fingerprint density at radius 3 is 2.39 bits per heavy atom. The van der Waals surface area contributed by atoms with Crippen LogP contribution in [-0.2, 0) is 14.3 Å².